The molecule has 1 rings (SSSR count). The maximum atomic E-state index is 8.85. The summed E-state index contributed by atoms with van der Waals surface area (Å²) in [6.07, 6.45) is 2.61. The molecule has 0 aromatic carbocycles. The molecule has 1 aromatic heterocycles. The second kappa shape index (κ2) is 7.58. The molecule has 1 unspecified atom stereocenters. The molecule has 19 heavy (non-hydrogen) atoms. The summed E-state index contributed by atoms with van der Waals surface area (Å²) in [5, 5.41) is 11.9. The molecule has 0 aliphatic heterocycles. The predicted octanol–water partition coefficient (Wildman–Crippen LogP) is 1.43. The second-order valence-electron chi connectivity index (χ2n) is 4.30. The van der Waals surface area contributed by atoms with Gasteiger partial charge in [0.1, 0.15) is 5.69 Å². The number of aromatic nitrogens is 1. The molecule has 1 heterocycles. The second-order valence-corrected chi connectivity index (χ2v) is 4.30. The quantitative estimate of drug-likeness (QED) is 0.337. The minimum atomic E-state index is 0.0151. The fourth-order valence-corrected chi connectivity index (χ4v) is 1.86. The highest BCUT2D eigenvalue weighted by Gasteiger charge is 2.18. The molecule has 0 aliphatic carbocycles. The van der Waals surface area contributed by atoms with Crippen molar-refractivity contribution in [3.8, 4) is 0 Å². The summed E-state index contributed by atoms with van der Waals surface area (Å²) in [5.74, 6) is 0.0151. The van der Waals surface area contributed by atoms with Crippen LogP contribution in [0.4, 0.5) is 5.69 Å². The van der Waals surface area contributed by atoms with Crippen molar-refractivity contribution in [2.24, 2.45) is 10.9 Å². The van der Waals surface area contributed by atoms with Gasteiger partial charge in [0.25, 0.3) is 0 Å². The van der Waals surface area contributed by atoms with Crippen LogP contribution in [0.15, 0.2) is 23.5 Å². The van der Waals surface area contributed by atoms with Crippen LogP contribution < -0.4 is 10.6 Å². The number of anilines is 1. The number of methoxy groups -OCH3 is 1. The van der Waals surface area contributed by atoms with Gasteiger partial charge in [-0.05, 0) is 25.5 Å². The molecule has 106 valence electrons. The number of oxime groups is 1. The van der Waals surface area contributed by atoms with Crippen LogP contribution in [0.25, 0.3) is 0 Å². The van der Waals surface area contributed by atoms with Crippen LogP contribution in [-0.4, -0.2) is 42.3 Å². The zero-order valence-corrected chi connectivity index (χ0v) is 11.7. The number of rotatable bonds is 7. The Morgan fingerprint density at radius 1 is 1.63 bits per heavy atom. The maximum Gasteiger partial charge on any atom is 0.190 e. The van der Waals surface area contributed by atoms with E-state index in [-0.39, 0.29) is 5.84 Å². The average molecular weight is 266 g/mol. The van der Waals surface area contributed by atoms with Gasteiger partial charge in [-0.2, -0.15) is 0 Å². The van der Waals surface area contributed by atoms with Crippen molar-refractivity contribution in [3.63, 3.8) is 0 Å². The smallest absolute Gasteiger partial charge is 0.190 e. The first kappa shape index (κ1) is 15.2. The van der Waals surface area contributed by atoms with Crippen LogP contribution in [0.3, 0.4) is 0 Å². The number of hydrogen-bond acceptors (Lipinski definition) is 5. The summed E-state index contributed by atoms with van der Waals surface area (Å²) in [5.41, 5.74) is 7.02. The minimum Gasteiger partial charge on any atom is -0.409 e. The molecule has 0 bridgehead atoms. The Kier molecular flexibility index (Phi) is 6.08. The fourth-order valence-electron chi connectivity index (χ4n) is 1.86. The zero-order chi connectivity index (χ0) is 14.3. The summed E-state index contributed by atoms with van der Waals surface area (Å²) in [6.45, 7) is 5.57. The average Bonchev–Trinajstić information content (AvgIpc) is 2.46. The van der Waals surface area contributed by atoms with Gasteiger partial charge in [0.2, 0.25) is 0 Å². The van der Waals surface area contributed by atoms with E-state index in [4.69, 9.17) is 15.7 Å². The SMILES string of the molecule is CCC(C)N(CCOC)c1cccnc1/C(N)=N/O. The van der Waals surface area contributed by atoms with Gasteiger partial charge < -0.3 is 20.6 Å². The number of amidine groups is 1. The number of nitrogens with zero attached hydrogens (tertiary/aromatic N) is 3. The topological polar surface area (TPSA) is 84.0 Å². The lowest BCUT2D eigenvalue weighted by atomic mass is 10.1. The van der Waals surface area contributed by atoms with Gasteiger partial charge in [-0.15, -0.1) is 0 Å². The highest BCUT2D eigenvalue weighted by Crippen LogP contribution is 2.21. The van der Waals surface area contributed by atoms with Crippen molar-refractivity contribution in [1.29, 1.82) is 0 Å². The lowest BCUT2D eigenvalue weighted by molar-refractivity contribution is 0.203. The van der Waals surface area contributed by atoms with E-state index in [2.05, 4.69) is 28.9 Å². The minimum absolute atomic E-state index is 0.0151. The molecule has 0 saturated heterocycles. The van der Waals surface area contributed by atoms with Crippen LogP contribution in [0.1, 0.15) is 26.0 Å². The van der Waals surface area contributed by atoms with E-state index >= 15 is 0 Å². The van der Waals surface area contributed by atoms with E-state index in [0.717, 1.165) is 18.7 Å². The van der Waals surface area contributed by atoms with Crippen LogP contribution in [0.5, 0.6) is 0 Å². The Labute approximate surface area is 113 Å². The van der Waals surface area contributed by atoms with Crippen LogP contribution in [0, 0.1) is 0 Å². The lowest BCUT2D eigenvalue weighted by Gasteiger charge is -2.31. The monoisotopic (exact) mass is 266 g/mol. The Bertz CT molecular complexity index is 423. The predicted molar refractivity (Wildman–Crippen MR) is 75.7 cm³/mol. The molecule has 1 aromatic rings. The van der Waals surface area contributed by atoms with E-state index in [9.17, 15) is 0 Å². The molecule has 0 saturated carbocycles. The van der Waals surface area contributed by atoms with Crippen molar-refractivity contribution in [2.45, 2.75) is 26.3 Å². The third-order valence-corrected chi connectivity index (χ3v) is 3.11. The Balaban J connectivity index is 3.14. The molecule has 6 nitrogen and oxygen atoms in total. The van der Waals surface area contributed by atoms with Crippen molar-refractivity contribution in [1.82, 2.24) is 4.98 Å². The highest BCUT2D eigenvalue weighted by atomic mass is 16.5. The lowest BCUT2D eigenvalue weighted by Crippen LogP contribution is -2.37. The molecular weight excluding hydrogens is 244 g/mol. The van der Waals surface area contributed by atoms with E-state index in [1.165, 1.54) is 0 Å². The molecule has 0 fully saturated rings. The van der Waals surface area contributed by atoms with Gasteiger partial charge in [-0.25, -0.2) is 0 Å². The first-order chi connectivity index (χ1) is 9.15. The summed E-state index contributed by atoms with van der Waals surface area (Å²) >= 11 is 0. The third-order valence-electron chi connectivity index (χ3n) is 3.11. The van der Waals surface area contributed by atoms with E-state index in [0.29, 0.717) is 18.3 Å². The number of nitrogens with two attached hydrogens (primary N) is 1. The third kappa shape index (κ3) is 3.82. The Morgan fingerprint density at radius 2 is 2.37 bits per heavy atom. The van der Waals surface area contributed by atoms with E-state index in [1.807, 2.05) is 12.1 Å². The maximum absolute atomic E-state index is 8.85. The molecule has 0 aliphatic rings. The Hall–Kier alpha value is -1.82. The zero-order valence-electron chi connectivity index (χ0n) is 11.7. The Morgan fingerprint density at radius 3 is 2.95 bits per heavy atom. The van der Waals surface area contributed by atoms with Gasteiger partial charge in [-0.3, -0.25) is 4.98 Å². The molecule has 0 amide bonds. The highest BCUT2D eigenvalue weighted by molar-refractivity contribution is 6.00. The fraction of sp³-hybridized carbons (Fsp3) is 0.538. The summed E-state index contributed by atoms with van der Waals surface area (Å²) in [4.78, 5) is 6.35. The summed E-state index contributed by atoms with van der Waals surface area (Å²) < 4.78 is 5.14. The summed E-state index contributed by atoms with van der Waals surface area (Å²) in [7, 11) is 1.67. The van der Waals surface area contributed by atoms with Crippen molar-refractivity contribution < 1.29 is 9.94 Å². The van der Waals surface area contributed by atoms with Gasteiger partial charge in [0.05, 0.1) is 12.3 Å². The molecule has 3 N–H and O–H groups in total. The van der Waals surface area contributed by atoms with Crippen molar-refractivity contribution >= 4 is 11.5 Å². The molecule has 6 heteroatoms. The number of pyridine rings is 1. The van der Waals surface area contributed by atoms with Gasteiger partial charge >= 0.3 is 0 Å². The van der Waals surface area contributed by atoms with Crippen molar-refractivity contribution in [2.75, 3.05) is 25.2 Å². The van der Waals surface area contributed by atoms with Gasteiger partial charge in [0, 0.05) is 25.9 Å². The molecule has 0 radical (unpaired) electrons. The first-order valence-electron chi connectivity index (χ1n) is 6.34. The molecular formula is C13H22N4O2. The molecule has 0 spiro atoms. The summed E-state index contributed by atoms with van der Waals surface area (Å²) in [6, 6.07) is 4.07. The van der Waals surface area contributed by atoms with E-state index in [1.54, 1.807) is 13.3 Å². The van der Waals surface area contributed by atoms with Gasteiger partial charge in [0.15, 0.2) is 5.84 Å². The standard InChI is InChI=1S/C13H22N4O2/c1-4-10(2)17(8-9-19-3)11-6-5-7-15-12(11)13(14)16-18/h5-7,10,18H,4,8-9H2,1-3H3,(H2,14,16). The number of ether oxygens (including phenoxy) is 1. The van der Waals surface area contributed by atoms with Crippen LogP contribution >= 0.6 is 0 Å². The van der Waals surface area contributed by atoms with E-state index < -0.39 is 0 Å². The largest absolute Gasteiger partial charge is 0.409 e. The molecule has 1 atom stereocenters. The number of hydrogen-bond donors (Lipinski definition) is 2. The van der Waals surface area contributed by atoms with Crippen LogP contribution in [-0.2, 0) is 4.74 Å². The first-order valence-corrected chi connectivity index (χ1v) is 6.34. The normalized spacial score (nSPS) is 13.3. The van der Waals surface area contributed by atoms with Crippen molar-refractivity contribution in [3.05, 3.63) is 24.0 Å². The van der Waals surface area contributed by atoms with Gasteiger partial charge in [-0.1, -0.05) is 12.1 Å². The van der Waals surface area contributed by atoms with Crippen LogP contribution in [0.2, 0.25) is 0 Å².